The van der Waals surface area contributed by atoms with Crippen molar-refractivity contribution in [3.8, 4) is 0 Å². The smallest absolute Gasteiger partial charge is 0.253 e. The number of anilines is 1. The van der Waals surface area contributed by atoms with Gasteiger partial charge in [0.15, 0.2) is 0 Å². The molecule has 132 valence electrons. The van der Waals surface area contributed by atoms with Crippen molar-refractivity contribution in [2.45, 2.75) is 26.7 Å². The number of rotatable bonds is 9. The quantitative estimate of drug-likeness (QED) is 0.536. The molecule has 0 aliphatic rings. The van der Waals surface area contributed by atoms with Gasteiger partial charge in [0.2, 0.25) is 11.8 Å². The van der Waals surface area contributed by atoms with Gasteiger partial charge >= 0.3 is 0 Å². The number of para-hydroxylation sites is 1. The molecule has 0 aromatic heterocycles. The molecular formula is C17H26N4O3. The molecule has 0 spiro atoms. The third kappa shape index (κ3) is 7.23. The Morgan fingerprint density at radius 1 is 1.04 bits per heavy atom. The molecule has 1 aromatic rings. The van der Waals surface area contributed by atoms with Gasteiger partial charge in [-0.2, -0.15) is 0 Å². The van der Waals surface area contributed by atoms with E-state index in [1.165, 1.54) is 0 Å². The second kappa shape index (κ2) is 10.4. The number of carbonyl (C=O) groups excluding carboxylic acids is 3. The van der Waals surface area contributed by atoms with E-state index in [0.29, 0.717) is 30.8 Å². The molecule has 0 aliphatic heterocycles. The van der Waals surface area contributed by atoms with Crippen LogP contribution in [0.5, 0.6) is 0 Å². The Kier molecular flexibility index (Phi) is 8.49. The summed E-state index contributed by atoms with van der Waals surface area (Å²) in [6, 6.07) is 6.75. The highest BCUT2D eigenvalue weighted by Gasteiger charge is 2.12. The van der Waals surface area contributed by atoms with E-state index < -0.39 is 0 Å². The Morgan fingerprint density at radius 2 is 1.75 bits per heavy atom. The lowest BCUT2D eigenvalue weighted by molar-refractivity contribution is -0.122. The Labute approximate surface area is 142 Å². The van der Waals surface area contributed by atoms with Gasteiger partial charge in [0, 0.05) is 32.5 Å². The molecule has 0 saturated carbocycles. The molecule has 0 radical (unpaired) electrons. The molecule has 7 heteroatoms. The fourth-order valence-corrected chi connectivity index (χ4v) is 2.04. The van der Waals surface area contributed by atoms with Crippen LogP contribution in [-0.2, 0) is 9.59 Å². The molecule has 0 fully saturated rings. The molecule has 5 N–H and O–H groups in total. The summed E-state index contributed by atoms with van der Waals surface area (Å²) in [5.41, 5.74) is 6.18. The van der Waals surface area contributed by atoms with Gasteiger partial charge in [-0.3, -0.25) is 14.4 Å². The predicted molar refractivity (Wildman–Crippen MR) is 93.5 cm³/mol. The minimum Gasteiger partial charge on any atom is -0.356 e. The molecular weight excluding hydrogens is 308 g/mol. The zero-order valence-electron chi connectivity index (χ0n) is 14.2. The van der Waals surface area contributed by atoms with Crippen LogP contribution in [-0.4, -0.2) is 37.4 Å². The van der Waals surface area contributed by atoms with Crippen molar-refractivity contribution in [3.63, 3.8) is 0 Å². The summed E-state index contributed by atoms with van der Waals surface area (Å²) < 4.78 is 0. The van der Waals surface area contributed by atoms with Crippen LogP contribution in [0.4, 0.5) is 5.69 Å². The van der Waals surface area contributed by atoms with Crippen LogP contribution in [0.3, 0.4) is 0 Å². The van der Waals surface area contributed by atoms with Crippen molar-refractivity contribution in [1.29, 1.82) is 0 Å². The predicted octanol–water partition coefficient (Wildman–Crippen LogP) is 0.866. The second-order valence-corrected chi connectivity index (χ2v) is 5.84. The summed E-state index contributed by atoms with van der Waals surface area (Å²) in [4.78, 5) is 35.6. The standard InChI is InChI=1S/C17H26N4O3/c1-12(2)11-16(23)19-9-7-15(22)21-14-6-4-3-5-13(14)17(24)20-10-8-18/h3-6,12H,7-11,18H2,1-2H3,(H,19,23)(H,20,24)(H,21,22). The highest BCUT2D eigenvalue weighted by molar-refractivity contribution is 6.03. The molecule has 24 heavy (non-hydrogen) atoms. The molecule has 7 nitrogen and oxygen atoms in total. The van der Waals surface area contributed by atoms with E-state index in [1.807, 2.05) is 13.8 Å². The Balaban J connectivity index is 2.52. The minimum absolute atomic E-state index is 0.0700. The highest BCUT2D eigenvalue weighted by Crippen LogP contribution is 2.15. The van der Waals surface area contributed by atoms with Crippen molar-refractivity contribution in [1.82, 2.24) is 10.6 Å². The number of benzene rings is 1. The minimum atomic E-state index is -0.290. The van der Waals surface area contributed by atoms with Gasteiger partial charge in [0.1, 0.15) is 0 Å². The summed E-state index contributed by atoms with van der Waals surface area (Å²) in [6.45, 7) is 4.89. The van der Waals surface area contributed by atoms with Crippen LogP contribution in [0.25, 0.3) is 0 Å². The van der Waals surface area contributed by atoms with E-state index >= 15 is 0 Å². The summed E-state index contributed by atoms with van der Waals surface area (Å²) in [7, 11) is 0. The van der Waals surface area contributed by atoms with Crippen LogP contribution in [0.2, 0.25) is 0 Å². The van der Waals surface area contributed by atoms with Gasteiger partial charge in [0.05, 0.1) is 11.3 Å². The first-order chi connectivity index (χ1) is 11.4. The second-order valence-electron chi connectivity index (χ2n) is 5.84. The van der Waals surface area contributed by atoms with E-state index in [1.54, 1.807) is 24.3 Å². The van der Waals surface area contributed by atoms with E-state index in [-0.39, 0.29) is 36.6 Å². The van der Waals surface area contributed by atoms with Gasteiger partial charge < -0.3 is 21.7 Å². The lowest BCUT2D eigenvalue weighted by Crippen LogP contribution is -2.30. The van der Waals surface area contributed by atoms with Gasteiger partial charge in [-0.1, -0.05) is 26.0 Å². The number of hydrogen-bond acceptors (Lipinski definition) is 4. The van der Waals surface area contributed by atoms with Crippen LogP contribution in [0, 0.1) is 5.92 Å². The van der Waals surface area contributed by atoms with Gasteiger partial charge in [-0.05, 0) is 18.1 Å². The maximum atomic E-state index is 12.0. The number of carbonyl (C=O) groups is 3. The molecule has 0 aliphatic carbocycles. The van der Waals surface area contributed by atoms with Crippen molar-refractivity contribution in [3.05, 3.63) is 29.8 Å². The maximum Gasteiger partial charge on any atom is 0.253 e. The topological polar surface area (TPSA) is 113 Å². The van der Waals surface area contributed by atoms with E-state index in [4.69, 9.17) is 5.73 Å². The molecule has 0 bridgehead atoms. The zero-order valence-corrected chi connectivity index (χ0v) is 14.2. The SMILES string of the molecule is CC(C)CC(=O)NCCC(=O)Nc1ccccc1C(=O)NCCN. The first-order valence-corrected chi connectivity index (χ1v) is 8.08. The van der Waals surface area contributed by atoms with E-state index in [2.05, 4.69) is 16.0 Å². The fraction of sp³-hybridized carbons (Fsp3) is 0.471. The molecule has 1 aromatic carbocycles. The first-order valence-electron chi connectivity index (χ1n) is 8.08. The number of nitrogens with two attached hydrogens (primary N) is 1. The average molecular weight is 334 g/mol. The Morgan fingerprint density at radius 3 is 2.42 bits per heavy atom. The Bertz CT molecular complexity index is 573. The van der Waals surface area contributed by atoms with Crippen molar-refractivity contribution in [2.75, 3.05) is 25.0 Å². The van der Waals surface area contributed by atoms with Gasteiger partial charge in [-0.25, -0.2) is 0 Å². The monoisotopic (exact) mass is 334 g/mol. The van der Waals surface area contributed by atoms with E-state index in [9.17, 15) is 14.4 Å². The summed E-state index contributed by atoms with van der Waals surface area (Å²) in [5.74, 6) is -0.349. The van der Waals surface area contributed by atoms with Crippen LogP contribution >= 0.6 is 0 Å². The number of nitrogens with one attached hydrogen (secondary N) is 3. The normalized spacial score (nSPS) is 10.3. The van der Waals surface area contributed by atoms with Crippen LogP contribution < -0.4 is 21.7 Å². The summed E-state index contributed by atoms with van der Waals surface area (Å²) >= 11 is 0. The average Bonchev–Trinajstić information content (AvgIpc) is 2.52. The third-order valence-electron chi connectivity index (χ3n) is 3.14. The number of hydrogen-bond donors (Lipinski definition) is 4. The van der Waals surface area contributed by atoms with Gasteiger partial charge in [-0.15, -0.1) is 0 Å². The fourth-order valence-electron chi connectivity index (χ4n) is 2.04. The molecule has 1 rings (SSSR count). The lowest BCUT2D eigenvalue weighted by atomic mass is 10.1. The third-order valence-corrected chi connectivity index (χ3v) is 3.14. The van der Waals surface area contributed by atoms with Crippen molar-refractivity contribution in [2.24, 2.45) is 11.7 Å². The zero-order chi connectivity index (χ0) is 17.9. The molecule has 0 heterocycles. The lowest BCUT2D eigenvalue weighted by Gasteiger charge is -2.11. The van der Waals surface area contributed by atoms with Crippen LogP contribution in [0.15, 0.2) is 24.3 Å². The molecule has 0 atom stereocenters. The first kappa shape index (κ1) is 19.6. The van der Waals surface area contributed by atoms with E-state index in [0.717, 1.165) is 0 Å². The van der Waals surface area contributed by atoms with Crippen molar-refractivity contribution < 1.29 is 14.4 Å². The van der Waals surface area contributed by atoms with Crippen LogP contribution in [0.1, 0.15) is 37.0 Å². The van der Waals surface area contributed by atoms with Gasteiger partial charge in [0.25, 0.3) is 5.91 Å². The highest BCUT2D eigenvalue weighted by atomic mass is 16.2. The molecule has 0 unspecified atom stereocenters. The maximum absolute atomic E-state index is 12.0. The number of amides is 3. The largest absolute Gasteiger partial charge is 0.356 e. The summed E-state index contributed by atoms with van der Waals surface area (Å²) in [6.07, 6.45) is 0.578. The molecule has 3 amide bonds. The Hall–Kier alpha value is -2.41. The van der Waals surface area contributed by atoms with Crippen molar-refractivity contribution >= 4 is 23.4 Å². The summed E-state index contributed by atoms with van der Waals surface area (Å²) in [5, 5.41) is 8.07. The molecule has 0 saturated heterocycles.